The Bertz CT molecular complexity index is 777. The number of sulfonamides is 1. The van der Waals surface area contributed by atoms with Crippen molar-refractivity contribution in [3.05, 3.63) is 60.2 Å². The van der Waals surface area contributed by atoms with Crippen molar-refractivity contribution >= 4 is 33.4 Å². The number of rotatable bonds is 6. The van der Waals surface area contributed by atoms with Gasteiger partial charge in [-0.3, -0.25) is 4.79 Å². The third kappa shape index (κ3) is 5.38. The van der Waals surface area contributed by atoms with Crippen molar-refractivity contribution in [2.24, 2.45) is 5.14 Å². The lowest BCUT2D eigenvalue weighted by Gasteiger charge is -2.12. The first kappa shape index (κ1) is 17.5. The summed E-state index contributed by atoms with van der Waals surface area (Å²) in [5.41, 5.74) is 1.56. The van der Waals surface area contributed by atoms with Crippen molar-refractivity contribution in [2.45, 2.75) is 22.8 Å². The highest BCUT2D eigenvalue weighted by atomic mass is 32.2. The van der Waals surface area contributed by atoms with E-state index in [9.17, 15) is 13.2 Å². The summed E-state index contributed by atoms with van der Waals surface area (Å²) in [5.74, 6) is 0.546. The summed E-state index contributed by atoms with van der Waals surface area (Å²) >= 11 is 1.51. The monoisotopic (exact) mass is 350 g/mol. The van der Waals surface area contributed by atoms with Crippen molar-refractivity contribution in [1.29, 1.82) is 0 Å². The Morgan fingerprint density at radius 2 is 1.87 bits per heavy atom. The number of amides is 1. The first-order valence-electron chi connectivity index (χ1n) is 6.95. The lowest BCUT2D eigenvalue weighted by Crippen LogP contribution is -2.23. The SMILES string of the molecule is CC(SCc1ccccc1)C(=O)Nc1cccc(S(N)(=O)=O)c1. The normalized spacial score (nSPS) is 12.6. The molecular weight excluding hydrogens is 332 g/mol. The van der Waals surface area contributed by atoms with Crippen LogP contribution >= 0.6 is 11.8 Å². The second-order valence-corrected chi connectivity index (χ2v) is 7.89. The molecule has 7 heteroatoms. The number of primary sulfonamides is 1. The molecule has 23 heavy (non-hydrogen) atoms. The molecule has 0 saturated heterocycles. The molecule has 1 amide bonds. The Kier molecular flexibility index (Phi) is 5.81. The standard InChI is InChI=1S/C16H18N2O3S2/c1-12(22-11-13-6-3-2-4-7-13)16(19)18-14-8-5-9-15(10-14)23(17,20)21/h2-10,12H,11H2,1H3,(H,18,19)(H2,17,20,21). The number of carbonyl (C=O) groups is 1. The van der Waals surface area contributed by atoms with E-state index < -0.39 is 10.0 Å². The molecule has 3 N–H and O–H groups in total. The first-order chi connectivity index (χ1) is 10.9. The molecule has 1 atom stereocenters. The predicted molar refractivity (Wildman–Crippen MR) is 93.6 cm³/mol. The molecule has 5 nitrogen and oxygen atoms in total. The molecule has 2 rings (SSSR count). The zero-order valence-electron chi connectivity index (χ0n) is 12.6. The van der Waals surface area contributed by atoms with Gasteiger partial charge in [-0.15, -0.1) is 11.8 Å². The molecule has 1 unspecified atom stereocenters. The Balaban J connectivity index is 1.96. The summed E-state index contributed by atoms with van der Waals surface area (Å²) < 4.78 is 22.7. The van der Waals surface area contributed by atoms with Crippen LogP contribution in [0, 0.1) is 0 Å². The van der Waals surface area contributed by atoms with Gasteiger partial charge in [0.15, 0.2) is 0 Å². The molecule has 0 fully saturated rings. The molecule has 0 heterocycles. The predicted octanol–water partition coefficient (Wildman–Crippen LogP) is 2.59. The van der Waals surface area contributed by atoms with E-state index in [1.165, 1.54) is 30.0 Å². The zero-order valence-corrected chi connectivity index (χ0v) is 14.2. The molecule has 0 aliphatic rings. The fourth-order valence-electron chi connectivity index (χ4n) is 1.87. The number of carbonyl (C=O) groups excluding carboxylic acids is 1. The number of thioether (sulfide) groups is 1. The highest BCUT2D eigenvalue weighted by Crippen LogP contribution is 2.20. The number of anilines is 1. The van der Waals surface area contributed by atoms with Crippen LogP contribution in [0.5, 0.6) is 0 Å². The largest absolute Gasteiger partial charge is 0.325 e. The summed E-state index contributed by atoms with van der Waals surface area (Å²) in [6, 6.07) is 15.8. The van der Waals surface area contributed by atoms with Gasteiger partial charge in [0.25, 0.3) is 0 Å². The third-order valence-corrected chi connectivity index (χ3v) is 5.27. The van der Waals surface area contributed by atoms with Gasteiger partial charge in [-0.05, 0) is 30.7 Å². The lowest BCUT2D eigenvalue weighted by atomic mass is 10.2. The van der Waals surface area contributed by atoms with E-state index in [-0.39, 0.29) is 16.1 Å². The second kappa shape index (κ2) is 7.63. The summed E-state index contributed by atoms with van der Waals surface area (Å²) in [7, 11) is -3.78. The van der Waals surface area contributed by atoms with Crippen LogP contribution in [0.15, 0.2) is 59.5 Å². The van der Waals surface area contributed by atoms with E-state index in [0.29, 0.717) is 5.69 Å². The van der Waals surface area contributed by atoms with Crippen molar-refractivity contribution in [3.63, 3.8) is 0 Å². The molecule has 2 aromatic carbocycles. The Morgan fingerprint density at radius 1 is 1.17 bits per heavy atom. The van der Waals surface area contributed by atoms with Gasteiger partial charge in [0, 0.05) is 11.4 Å². The number of nitrogens with one attached hydrogen (secondary N) is 1. The van der Waals surface area contributed by atoms with Crippen LogP contribution in [0.25, 0.3) is 0 Å². The van der Waals surface area contributed by atoms with E-state index >= 15 is 0 Å². The van der Waals surface area contributed by atoms with Gasteiger partial charge in [0.2, 0.25) is 15.9 Å². The quantitative estimate of drug-likeness (QED) is 0.838. The van der Waals surface area contributed by atoms with Gasteiger partial charge in [-0.2, -0.15) is 0 Å². The van der Waals surface area contributed by atoms with Crippen LogP contribution in [0.1, 0.15) is 12.5 Å². The van der Waals surface area contributed by atoms with Gasteiger partial charge in [0.1, 0.15) is 0 Å². The maximum Gasteiger partial charge on any atom is 0.238 e. The van der Waals surface area contributed by atoms with Crippen LogP contribution in [0.4, 0.5) is 5.69 Å². The summed E-state index contributed by atoms with van der Waals surface area (Å²) in [6.45, 7) is 1.81. The zero-order chi connectivity index (χ0) is 16.9. The van der Waals surface area contributed by atoms with Gasteiger partial charge in [-0.25, -0.2) is 13.6 Å². The minimum Gasteiger partial charge on any atom is -0.325 e. The molecule has 0 bridgehead atoms. The second-order valence-electron chi connectivity index (χ2n) is 5.00. The van der Waals surface area contributed by atoms with Crippen molar-refractivity contribution < 1.29 is 13.2 Å². The topological polar surface area (TPSA) is 89.3 Å². The van der Waals surface area contributed by atoms with Crippen molar-refractivity contribution in [2.75, 3.05) is 5.32 Å². The highest BCUT2D eigenvalue weighted by Gasteiger charge is 2.15. The van der Waals surface area contributed by atoms with Gasteiger partial charge in [-0.1, -0.05) is 36.4 Å². The maximum absolute atomic E-state index is 12.2. The van der Waals surface area contributed by atoms with Crippen LogP contribution in [-0.2, 0) is 20.6 Å². The molecule has 0 radical (unpaired) electrons. The molecule has 0 spiro atoms. The molecule has 2 aromatic rings. The summed E-state index contributed by atoms with van der Waals surface area (Å²) in [5, 5.41) is 7.52. The molecule has 0 aliphatic heterocycles. The molecule has 0 saturated carbocycles. The third-order valence-electron chi connectivity index (χ3n) is 3.14. The van der Waals surface area contributed by atoms with E-state index in [4.69, 9.17) is 5.14 Å². The summed E-state index contributed by atoms with van der Waals surface area (Å²) in [6.07, 6.45) is 0. The Labute approximate surface area is 140 Å². The smallest absolute Gasteiger partial charge is 0.238 e. The molecular formula is C16H18N2O3S2. The summed E-state index contributed by atoms with van der Waals surface area (Å²) in [4.78, 5) is 12.2. The minimum absolute atomic E-state index is 0.0279. The fraction of sp³-hybridized carbons (Fsp3) is 0.188. The van der Waals surface area contributed by atoms with Crippen LogP contribution in [-0.4, -0.2) is 19.6 Å². The minimum atomic E-state index is -3.78. The fourth-order valence-corrected chi connectivity index (χ4v) is 3.27. The number of hydrogen-bond donors (Lipinski definition) is 2. The van der Waals surface area contributed by atoms with E-state index in [1.54, 1.807) is 6.07 Å². The van der Waals surface area contributed by atoms with E-state index in [1.807, 2.05) is 37.3 Å². The average Bonchev–Trinajstić information content (AvgIpc) is 2.53. The van der Waals surface area contributed by atoms with Crippen LogP contribution in [0.2, 0.25) is 0 Å². The lowest BCUT2D eigenvalue weighted by molar-refractivity contribution is -0.115. The van der Waals surface area contributed by atoms with Gasteiger partial charge < -0.3 is 5.32 Å². The van der Waals surface area contributed by atoms with E-state index in [0.717, 1.165) is 11.3 Å². The Morgan fingerprint density at radius 3 is 2.52 bits per heavy atom. The molecule has 0 aliphatic carbocycles. The first-order valence-corrected chi connectivity index (χ1v) is 9.55. The molecule has 0 aromatic heterocycles. The average molecular weight is 350 g/mol. The number of nitrogens with two attached hydrogens (primary N) is 1. The van der Waals surface area contributed by atoms with Crippen LogP contribution in [0.3, 0.4) is 0 Å². The van der Waals surface area contributed by atoms with Crippen molar-refractivity contribution in [3.8, 4) is 0 Å². The van der Waals surface area contributed by atoms with Crippen LogP contribution < -0.4 is 10.5 Å². The number of hydrogen-bond acceptors (Lipinski definition) is 4. The maximum atomic E-state index is 12.2. The Hall–Kier alpha value is -1.83. The van der Waals surface area contributed by atoms with Gasteiger partial charge in [0.05, 0.1) is 10.1 Å². The van der Waals surface area contributed by atoms with Crippen molar-refractivity contribution in [1.82, 2.24) is 0 Å². The number of benzene rings is 2. The van der Waals surface area contributed by atoms with Gasteiger partial charge >= 0.3 is 0 Å². The van der Waals surface area contributed by atoms with E-state index in [2.05, 4.69) is 5.32 Å². The highest BCUT2D eigenvalue weighted by molar-refractivity contribution is 7.99. The molecule has 122 valence electrons.